The summed E-state index contributed by atoms with van der Waals surface area (Å²) in [4.78, 5) is 2.44. The van der Waals surface area contributed by atoms with Crippen molar-refractivity contribution in [2.45, 2.75) is 24.4 Å². The Labute approximate surface area is 93.3 Å². The second-order valence-corrected chi connectivity index (χ2v) is 7.48. The lowest BCUT2D eigenvalue weighted by Gasteiger charge is -2.36. The third kappa shape index (κ3) is 4.19. The smallest absolute Gasteiger partial charge is 0.372 e. The maximum absolute atomic E-state index is 2.78. The molecule has 4 heteroatoms. The lowest BCUT2D eigenvalue weighted by Crippen LogP contribution is -2.50. The first kappa shape index (κ1) is 13.7. The quantitative estimate of drug-likeness (QED) is 0.668. The Hall–Kier alpha value is 0.742. The molecule has 0 N–H and O–H groups in total. The number of piperazine rings is 1. The number of hydrogen-bond acceptors (Lipinski definition) is 2. The fourth-order valence-electron chi connectivity index (χ4n) is 1.99. The summed E-state index contributed by atoms with van der Waals surface area (Å²) < 4.78 is 2.78. The molecule has 0 aliphatic carbocycles. The lowest BCUT2D eigenvalue weighted by atomic mass is 10.4. The molecule has 78 valence electrons. The molecular weight excluding hydrogens is 199 g/mol. The van der Waals surface area contributed by atoms with E-state index in [1.807, 2.05) is 0 Å². The molecule has 0 unspecified atom stereocenters. The third-order valence-corrected chi connectivity index (χ3v) is 6.43. The van der Waals surface area contributed by atoms with E-state index in [-0.39, 0.29) is 12.4 Å². The summed E-state index contributed by atoms with van der Waals surface area (Å²) in [6, 6.07) is 0. The topological polar surface area (TPSA) is 6.48 Å². The summed E-state index contributed by atoms with van der Waals surface area (Å²) in [5.74, 6) is 0. The first-order chi connectivity index (χ1) is 5.77. The van der Waals surface area contributed by atoms with Gasteiger partial charge in [0.15, 0.2) is 0 Å². The molecule has 0 aromatic carbocycles. The van der Waals surface area contributed by atoms with Gasteiger partial charge < -0.3 is 8.78 Å². The zero-order valence-corrected chi connectivity index (χ0v) is 11.1. The second-order valence-electron chi connectivity index (χ2n) is 3.81. The minimum Gasteiger partial charge on any atom is -0.382 e. The van der Waals surface area contributed by atoms with Gasteiger partial charge in [-0.2, -0.15) is 0 Å². The van der Waals surface area contributed by atoms with Crippen molar-refractivity contribution in [3.63, 3.8) is 0 Å². The fraction of sp³-hybridized carbons (Fsp3) is 1.00. The Bertz CT molecular complexity index is 123. The van der Waals surface area contributed by atoms with Gasteiger partial charge in [-0.05, 0) is 20.1 Å². The monoisotopic (exact) mass is 220 g/mol. The summed E-state index contributed by atoms with van der Waals surface area (Å²) in [6.07, 6.45) is 0. The van der Waals surface area contributed by atoms with E-state index in [4.69, 9.17) is 0 Å². The van der Waals surface area contributed by atoms with Crippen LogP contribution in [0.5, 0.6) is 0 Å². The average Bonchev–Trinajstić information content (AvgIpc) is 2.10. The lowest BCUT2D eigenvalue weighted by molar-refractivity contribution is 0.220. The molecule has 0 bridgehead atoms. The van der Waals surface area contributed by atoms with Gasteiger partial charge in [0, 0.05) is 13.1 Å². The molecule has 0 aromatic heterocycles. The van der Waals surface area contributed by atoms with E-state index in [0.29, 0.717) is 0 Å². The van der Waals surface area contributed by atoms with Crippen molar-refractivity contribution in [1.29, 1.82) is 0 Å². The SMILES string of the molecule is C[CH2][Al]([CH2]C)[N]1CCN(C)CC1.Cl. The molecule has 1 rings (SSSR count). The van der Waals surface area contributed by atoms with Gasteiger partial charge in [0.1, 0.15) is 0 Å². The van der Waals surface area contributed by atoms with Crippen LogP contribution in [0.15, 0.2) is 0 Å². The van der Waals surface area contributed by atoms with Crippen LogP contribution in [0.25, 0.3) is 0 Å². The summed E-state index contributed by atoms with van der Waals surface area (Å²) >= 11 is -0.494. The van der Waals surface area contributed by atoms with E-state index < -0.39 is 14.4 Å². The standard InChI is InChI=1S/C5H11N2.2C2H5.Al.ClH/c1-7-4-2-6-3-5-7;2*1-2;;/h2-5H2,1H3;2*1H2,2H3;;1H/q-1;;;+1;. The first-order valence-corrected chi connectivity index (χ1v) is 7.35. The summed E-state index contributed by atoms with van der Waals surface area (Å²) in [5, 5.41) is 2.89. The molecule has 1 aliphatic heterocycles. The van der Waals surface area contributed by atoms with E-state index >= 15 is 0 Å². The molecule has 2 nitrogen and oxygen atoms in total. The van der Waals surface area contributed by atoms with E-state index in [1.54, 1.807) is 0 Å². The van der Waals surface area contributed by atoms with Crippen molar-refractivity contribution in [1.82, 2.24) is 8.78 Å². The molecule has 1 aliphatic rings. The maximum Gasteiger partial charge on any atom is 0.372 e. The summed E-state index contributed by atoms with van der Waals surface area (Å²) in [6.45, 7) is 9.94. The largest absolute Gasteiger partial charge is 0.382 e. The minimum absolute atomic E-state index is 0. The Morgan fingerprint density at radius 3 is 1.85 bits per heavy atom. The van der Waals surface area contributed by atoms with Crippen LogP contribution in [0.4, 0.5) is 0 Å². The number of likely N-dealkylation sites (N-methyl/N-ethyl adjacent to an activating group) is 1. The van der Waals surface area contributed by atoms with Crippen LogP contribution in [-0.4, -0.2) is 56.4 Å². The number of rotatable bonds is 3. The van der Waals surface area contributed by atoms with Crippen LogP contribution >= 0.6 is 12.4 Å². The molecule has 0 aromatic rings. The Morgan fingerprint density at radius 1 is 1.00 bits per heavy atom. The van der Waals surface area contributed by atoms with Gasteiger partial charge in [0.25, 0.3) is 0 Å². The van der Waals surface area contributed by atoms with E-state index in [1.165, 1.54) is 36.7 Å². The van der Waals surface area contributed by atoms with Crippen LogP contribution in [0.2, 0.25) is 10.6 Å². The molecule has 0 saturated carbocycles. The van der Waals surface area contributed by atoms with Crippen LogP contribution in [0.3, 0.4) is 0 Å². The third-order valence-electron chi connectivity index (χ3n) is 3.00. The van der Waals surface area contributed by atoms with Crippen molar-refractivity contribution in [3.05, 3.63) is 0 Å². The van der Waals surface area contributed by atoms with E-state index in [0.717, 1.165) is 0 Å². The molecular formula is C9H22AlClN2. The molecule has 0 radical (unpaired) electrons. The Balaban J connectivity index is 0.00000144. The van der Waals surface area contributed by atoms with Gasteiger partial charge in [-0.3, -0.25) is 0 Å². The molecule has 0 spiro atoms. The van der Waals surface area contributed by atoms with Gasteiger partial charge in [-0.1, -0.05) is 24.4 Å². The van der Waals surface area contributed by atoms with Crippen molar-refractivity contribution < 1.29 is 0 Å². The first-order valence-electron chi connectivity index (χ1n) is 5.20. The molecule has 13 heavy (non-hydrogen) atoms. The predicted octanol–water partition coefficient (Wildman–Crippen LogP) is 1.69. The highest BCUT2D eigenvalue weighted by atomic mass is 35.5. The number of hydrogen-bond donors (Lipinski definition) is 0. The van der Waals surface area contributed by atoms with Crippen molar-refractivity contribution in [2.24, 2.45) is 0 Å². The zero-order chi connectivity index (χ0) is 8.97. The molecule has 0 atom stereocenters. The average molecular weight is 221 g/mol. The number of nitrogens with zero attached hydrogens (tertiary/aromatic N) is 2. The Kier molecular flexibility index (Phi) is 7.49. The highest BCUT2D eigenvalue weighted by Crippen LogP contribution is 2.08. The normalized spacial score (nSPS) is 19.6. The highest BCUT2D eigenvalue weighted by Gasteiger charge is 2.24. The number of halogens is 1. The van der Waals surface area contributed by atoms with E-state index in [9.17, 15) is 0 Å². The van der Waals surface area contributed by atoms with Crippen LogP contribution < -0.4 is 0 Å². The van der Waals surface area contributed by atoms with Crippen LogP contribution in [-0.2, 0) is 0 Å². The van der Waals surface area contributed by atoms with Crippen molar-refractivity contribution in [3.8, 4) is 0 Å². The predicted molar refractivity (Wildman–Crippen MR) is 63.0 cm³/mol. The zero-order valence-electron chi connectivity index (χ0n) is 9.12. The van der Waals surface area contributed by atoms with Crippen molar-refractivity contribution >= 4 is 26.8 Å². The molecule has 0 amide bonds. The van der Waals surface area contributed by atoms with Gasteiger partial charge >= 0.3 is 14.4 Å². The van der Waals surface area contributed by atoms with Gasteiger partial charge in [0.05, 0.1) is 0 Å². The van der Waals surface area contributed by atoms with Crippen molar-refractivity contribution in [2.75, 3.05) is 33.2 Å². The van der Waals surface area contributed by atoms with Crippen LogP contribution in [0.1, 0.15) is 13.8 Å². The Morgan fingerprint density at radius 2 is 1.46 bits per heavy atom. The second kappa shape index (κ2) is 7.09. The maximum atomic E-state index is 2.78. The van der Waals surface area contributed by atoms with Crippen LogP contribution in [0, 0.1) is 0 Å². The fourth-order valence-corrected chi connectivity index (χ4v) is 4.56. The molecule has 1 heterocycles. The minimum atomic E-state index is -0.494. The summed E-state index contributed by atoms with van der Waals surface area (Å²) in [7, 11) is 2.23. The molecule has 1 saturated heterocycles. The van der Waals surface area contributed by atoms with Gasteiger partial charge in [-0.15, -0.1) is 12.4 Å². The van der Waals surface area contributed by atoms with Gasteiger partial charge in [-0.25, -0.2) is 0 Å². The van der Waals surface area contributed by atoms with Gasteiger partial charge in [0.2, 0.25) is 0 Å². The van der Waals surface area contributed by atoms with E-state index in [2.05, 4.69) is 29.7 Å². The summed E-state index contributed by atoms with van der Waals surface area (Å²) in [5.41, 5.74) is 0. The molecule has 1 fully saturated rings. The highest BCUT2D eigenvalue weighted by molar-refractivity contribution is 6.55.